The van der Waals surface area contributed by atoms with E-state index >= 15 is 0 Å². The Kier molecular flexibility index (Phi) is 4.06. The Hall–Kier alpha value is -1.35. The second kappa shape index (κ2) is 5.96. The summed E-state index contributed by atoms with van der Waals surface area (Å²) in [4.78, 5) is 12.3. The molecule has 20 heavy (non-hydrogen) atoms. The van der Waals surface area contributed by atoms with Crippen LogP contribution in [0.25, 0.3) is 0 Å². The van der Waals surface area contributed by atoms with E-state index in [-0.39, 0.29) is 12.5 Å². The van der Waals surface area contributed by atoms with Crippen LogP contribution in [-0.2, 0) is 17.8 Å². The lowest BCUT2D eigenvalue weighted by molar-refractivity contribution is -0.126. The third-order valence-corrected chi connectivity index (χ3v) is 4.48. The third kappa shape index (κ3) is 3.40. The fourth-order valence-corrected chi connectivity index (χ4v) is 2.98. The molecule has 3 rings (SSSR count). The molecule has 3 heteroatoms. The van der Waals surface area contributed by atoms with Crippen LogP contribution in [0.5, 0.6) is 0 Å². The van der Waals surface area contributed by atoms with Crippen LogP contribution in [0.15, 0.2) is 24.3 Å². The number of benzene rings is 1. The van der Waals surface area contributed by atoms with Gasteiger partial charge in [0.1, 0.15) is 0 Å². The van der Waals surface area contributed by atoms with Crippen LogP contribution in [0.3, 0.4) is 0 Å². The van der Waals surface area contributed by atoms with Crippen LogP contribution in [0.4, 0.5) is 0 Å². The van der Waals surface area contributed by atoms with Gasteiger partial charge < -0.3 is 10.4 Å². The van der Waals surface area contributed by atoms with Crippen molar-refractivity contribution in [2.75, 3.05) is 6.54 Å². The van der Waals surface area contributed by atoms with E-state index in [2.05, 4.69) is 5.32 Å². The van der Waals surface area contributed by atoms with E-state index in [4.69, 9.17) is 5.11 Å². The molecule has 2 aliphatic carbocycles. The molecule has 2 N–H and O–H groups in total. The fraction of sp³-hybridized carbons (Fsp3) is 0.588. The van der Waals surface area contributed by atoms with Crippen molar-refractivity contribution < 1.29 is 9.90 Å². The molecule has 2 fully saturated rings. The minimum absolute atomic E-state index is 0.0848. The molecule has 0 unspecified atom stereocenters. The number of hydrogen-bond acceptors (Lipinski definition) is 2. The van der Waals surface area contributed by atoms with Crippen LogP contribution in [0, 0.1) is 17.8 Å². The van der Waals surface area contributed by atoms with E-state index in [0.29, 0.717) is 24.3 Å². The van der Waals surface area contributed by atoms with Crippen molar-refractivity contribution in [3.63, 3.8) is 0 Å². The van der Waals surface area contributed by atoms with Crippen molar-refractivity contribution >= 4 is 5.91 Å². The summed E-state index contributed by atoms with van der Waals surface area (Å²) in [7, 11) is 0. The lowest BCUT2D eigenvalue weighted by Gasteiger charge is -2.15. The molecule has 0 aromatic heterocycles. The number of aliphatic hydroxyl groups excluding tert-OH is 1. The summed E-state index contributed by atoms with van der Waals surface area (Å²) in [6.45, 7) is 0.800. The summed E-state index contributed by atoms with van der Waals surface area (Å²) in [5, 5.41) is 12.1. The number of rotatable bonds is 7. The Bertz CT molecular complexity index is 448. The maximum Gasteiger partial charge on any atom is 0.223 e. The summed E-state index contributed by atoms with van der Waals surface area (Å²) in [6.07, 6.45) is 5.85. The summed E-state index contributed by atoms with van der Waals surface area (Å²) < 4.78 is 0. The van der Waals surface area contributed by atoms with Gasteiger partial charge in [-0.2, -0.15) is 0 Å². The van der Waals surface area contributed by atoms with Crippen molar-refractivity contribution in [3.8, 4) is 0 Å². The van der Waals surface area contributed by atoms with Gasteiger partial charge in [-0.15, -0.1) is 0 Å². The number of aliphatic hydroxyl groups is 1. The second-order valence-electron chi connectivity index (χ2n) is 6.22. The third-order valence-electron chi connectivity index (χ3n) is 4.48. The van der Waals surface area contributed by atoms with Crippen molar-refractivity contribution in [2.45, 2.75) is 38.7 Å². The van der Waals surface area contributed by atoms with Gasteiger partial charge in [-0.3, -0.25) is 4.79 Å². The highest BCUT2D eigenvalue weighted by atomic mass is 16.3. The van der Waals surface area contributed by atoms with Crippen LogP contribution < -0.4 is 5.32 Å². The van der Waals surface area contributed by atoms with Crippen molar-refractivity contribution in [1.29, 1.82) is 0 Å². The SMILES string of the molecule is O=C(NCCc1ccc(CO)cc1)C(C1CC1)C1CC1. The molecule has 0 aliphatic heterocycles. The fourth-order valence-electron chi connectivity index (χ4n) is 2.98. The van der Waals surface area contributed by atoms with Crippen LogP contribution in [0.2, 0.25) is 0 Å². The van der Waals surface area contributed by atoms with Crippen LogP contribution in [-0.4, -0.2) is 17.6 Å². The first-order valence-corrected chi connectivity index (χ1v) is 7.74. The number of carbonyl (C=O) groups is 1. The van der Waals surface area contributed by atoms with Gasteiger partial charge in [0.2, 0.25) is 5.91 Å². The Morgan fingerprint density at radius 3 is 2.15 bits per heavy atom. The largest absolute Gasteiger partial charge is 0.392 e. The monoisotopic (exact) mass is 273 g/mol. The van der Waals surface area contributed by atoms with Crippen LogP contribution in [0.1, 0.15) is 36.8 Å². The second-order valence-corrected chi connectivity index (χ2v) is 6.22. The molecule has 2 aliphatic rings. The van der Waals surface area contributed by atoms with Crippen molar-refractivity contribution in [1.82, 2.24) is 5.32 Å². The zero-order chi connectivity index (χ0) is 13.9. The van der Waals surface area contributed by atoms with E-state index in [9.17, 15) is 4.79 Å². The molecular weight excluding hydrogens is 250 g/mol. The Morgan fingerprint density at radius 2 is 1.65 bits per heavy atom. The molecule has 0 bridgehead atoms. The number of amides is 1. The smallest absolute Gasteiger partial charge is 0.223 e. The summed E-state index contributed by atoms with van der Waals surface area (Å²) >= 11 is 0. The standard InChI is InChI=1S/C17H23NO2/c19-11-13-3-1-12(2-4-13)9-10-18-17(20)16(14-5-6-14)15-7-8-15/h1-4,14-16,19H,5-11H2,(H,18,20). The molecule has 3 nitrogen and oxygen atoms in total. The maximum absolute atomic E-state index is 12.3. The number of hydrogen-bond donors (Lipinski definition) is 2. The quantitative estimate of drug-likeness (QED) is 0.800. The van der Waals surface area contributed by atoms with Crippen LogP contribution >= 0.6 is 0 Å². The Morgan fingerprint density at radius 1 is 1.10 bits per heavy atom. The first-order valence-electron chi connectivity index (χ1n) is 7.74. The van der Waals surface area contributed by atoms with E-state index < -0.39 is 0 Å². The molecule has 0 atom stereocenters. The maximum atomic E-state index is 12.3. The van der Waals surface area contributed by atoms with Gasteiger partial charge in [-0.05, 0) is 55.1 Å². The molecule has 0 radical (unpaired) electrons. The predicted octanol–water partition coefficient (Wildman–Crippen LogP) is 2.27. The topological polar surface area (TPSA) is 49.3 Å². The molecule has 0 spiro atoms. The van der Waals surface area contributed by atoms with Crippen molar-refractivity contribution in [3.05, 3.63) is 35.4 Å². The highest BCUT2D eigenvalue weighted by molar-refractivity contribution is 5.80. The minimum Gasteiger partial charge on any atom is -0.392 e. The van der Waals surface area contributed by atoms with Gasteiger partial charge in [0.25, 0.3) is 0 Å². The highest BCUT2D eigenvalue weighted by Crippen LogP contribution is 2.49. The molecule has 2 saturated carbocycles. The number of carbonyl (C=O) groups excluding carboxylic acids is 1. The zero-order valence-electron chi connectivity index (χ0n) is 11.8. The lowest BCUT2D eigenvalue weighted by atomic mass is 9.97. The molecule has 1 aromatic rings. The molecule has 0 saturated heterocycles. The first kappa shape index (κ1) is 13.6. The van der Waals surface area contributed by atoms with E-state index in [0.717, 1.165) is 12.0 Å². The average Bonchev–Trinajstić information content (AvgIpc) is 3.34. The van der Waals surface area contributed by atoms with E-state index in [1.807, 2.05) is 24.3 Å². The van der Waals surface area contributed by atoms with Gasteiger partial charge in [0.05, 0.1) is 6.61 Å². The van der Waals surface area contributed by atoms with E-state index in [1.54, 1.807) is 0 Å². The summed E-state index contributed by atoms with van der Waals surface area (Å²) in [5.74, 6) is 1.92. The number of nitrogens with one attached hydrogen (secondary N) is 1. The van der Waals surface area contributed by atoms with Gasteiger partial charge >= 0.3 is 0 Å². The van der Waals surface area contributed by atoms with Gasteiger partial charge in [0, 0.05) is 12.5 Å². The Balaban J connectivity index is 1.45. The van der Waals surface area contributed by atoms with Gasteiger partial charge in [-0.25, -0.2) is 0 Å². The molecular formula is C17H23NO2. The molecule has 108 valence electrons. The predicted molar refractivity (Wildman–Crippen MR) is 78.0 cm³/mol. The van der Waals surface area contributed by atoms with Gasteiger partial charge in [0.15, 0.2) is 0 Å². The summed E-state index contributed by atoms with van der Waals surface area (Å²) in [5.41, 5.74) is 2.14. The zero-order valence-corrected chi connectivity index (χ0v) is 11.8. The minimum atomic E-state index is 0.0848. The molecule has 0 heterocycles. The first-order chi connectivity index (χ1) is 9.78. The van der Waals surface area contributed by atoms with E-state index in [1.165, 1.54) is 31.2 Å². The molecule has 1 aromatic carbocycles. The average molecular weight is 273 g/mol. The highest BCUT2D eigenvalue weighted by Gasteiger charge is 2.45. The summed E-state index contributed by atoms with van der Waals surface area (Å²) in [6, 6.07) is 7.93. The van der Waals surface area contributed by atoms with Crippen molar-refractivity contribution in [2.24, 2.45) is 17.8 Å². The molecule has 1 amide bonds. The van der Waals surface area contributed by atoms with Gasteiger partial charge in [-0.1, -0.05) is 24.3 Å². The Labute approximate surface area is 120 Å². The lowest BCUT2D eigenvalue weighted by Crippen LogP contribution is -2.34. The normalized spacial score (nSPS) is 18.3.